The van der Waals surface area contributed by atoms with E-state index in [1.54, 1.807) is 0 Å². The second kappa shape index (κ2) is 3.20. The van der Waals surface area contributed by atoms with E-state index in [9.17, 15) is 4.79 Å². The molecular formula is C9H11NO2S. The quantitative estimate of drug-likeness (QED) is 0.646. The zero-order valence-electron chi connectivity index (χ0n) is 7.61. The summed E-state index contributed by atoms with van der Waals surface area (Å²) in [6.07, 6.45) is 1.93. The van der Waals surface area contributed by atoms with Crippen molar-refractivity contribution in [3.8, 4) is 0 Å². The summed E-state index contributed by atoms with van der Waals surface area (Å²) in [5, 5.41) is 0.564. The van der Waals surface area contributed by atoms with Crippen LogP contribution >= 0.6 is 11.3 Å². The van der Waals surface area contributed by atoms with E-state index in [0.717, 1.165) is 23.3 Å². The number of aldehydes is 1. The van der Waals surface area contributed by atoms with Crippen molar-refractivity contribution in [2.45, 2.75) is 32.5 Å². The Morgan fingerprint density at radius 1 is 1.62 bits per heavy atom. The predicted molar refractivity (Wildman–Crippen MR) is 50.2 cm³/mol. The van der Waals surface area contributed by atoms with Gasteiger partial charge in [-0.1, -0.05) is 0 Å². The smallest absolute Gasteiger partial charge is 0.178 e. The van der Waals surface area contributed by atoms with Crippen LogP contribution in [-0.4, -0.2) is 17.4 Å². The molecule has 13 heavy (non-hydrogen) atoms. The minimum absolute atomic E-state index is 0.0879. The Bertz CT molecular complexity index is 334. The van der Waals surface area contributed by atoms with Gasteiger partial charge in [0.2, 0.25) is 0 Å². The van der Waals surface area contributed by atoms with Crippen molar-refractivity contribution >= 4 is 17.6 Å². The fraction of sp³-hybridized carbons (Fsp3) is 0.556. The summed E-state index contributed by atoms with van der Waals surface area (Å²) in [4.78, 5) is 15.9. The van der Waals surface area contributed by atoms with Crippen molar-refractivity contribution in [1.29, 1.82) is 0 Å². The Kier molecular flexibility index (Phi) is 2.17. The SMILES string of the molecule is CC1Cc2nc(C=O)sc2C(C)O1. The number of thiazole rings is 1. The van der Waals surface area contributed by atoms with Gasteiger partial charge in [-0.3, -0.25) is 4.79 Å². The normalized spacial score (nSPS) is 26.9. The van der Waals surface area contributed by atoms with Crippen LogP contribution in [0.2, 0.25) is 0 Å². The Hall–Kier alpha value is -0.740. The topological polar surface area (TPSA) is 39.2 Å². The van der Waals surface area contributed by atoms with Gasteiger partial charge in [0.15, 0.2) is 11.3 Å². The Labute approximate surface area is 80.8 Å². The molecule has 1 aromatic heterocycles. The molecule has 0 saturated carbocycles. The van der Waals surface area contributed by atoms with E-state index in [0.29, 0.717) is 5.01 Å². The predicted octanol–water partition coefficient (Wildman–Crippen LogP) is 1.98. The lowest BCUT2D eigenvalue weighted by atomic mass is 10.1. The van der Waals surface area contributed by atoms with Gasteiger partial charge in [0, 0.05) is 6.42 Å². The molecule has 2 heterocycles. The standard InChI is InChI=1S/C9H11NO2S/c1-5-3-7-9(6(2)12-5)13-8(4-11)10-7/h4-6H,3H2,1-2H3. The fourth-order valence-electron chi connectivity index (χ4n) is 1.63. The van der Waals surface area contributed by atoms with Crippen LogP contribution < -0.4 is 0 Å². The number of ether oxygens (including phenoxy) is 1. The molecule has 1 aromatic rings. The highest BCUT2D eigenvalue weighted by atomic mass is 32.1. The lowest BCUT2D eigenvalue weighted by molar-refractivity contribution is -0.00318. The molecule has 0 saturated heterocycles. The number of fused-ring (bicyclic) bond motifs is 1. The van der Waals surface area contributed by atoms with E-state index >= 15 is 0 Å². The van der Waals surface area contributed by atoms with Gasteiger partial charge in [0.25, 0.3) is 0 Å². The summed E-state index contributed by atoms with van der Waals surface area (Å²) in [7, 11) is 0. The van der Waals surface area contributed by atoms with Crippen molar-refractivity contribution in [3.05, 3.63) is 15.6 Å². The number of hydrogen-bond donors (Lipinski definition) is 0. The maximum Gasteiger partial charge on any atom is 0.178 e. The number of rotatable bonds is 1. The molecule has 0 aromatic carbocycles. The molecule has 1 aliphatic heterocycles. The summed E-state index contributed by atoms with van der Waals surface area (Å²) >= 11 is 1.44. The third kappa shape index (κ3) is 1.51. The van der Waals surface area contributed by atoms with Gasteiger partial charge in [-0.05, 0) is 13.8 Å². The second-order valence-electron chi connectivity index (χ2n) is 3.27. The molecule has 0 amide bonds. The van der Waals surface area contributed by atoms with Gasteiger partial charge in [-0.15, -0.1) is 11.3 Å². The third-order valence-electron chi connectivity index (χ3n) is 2.13. The third-order valence-corrected chi connectivity index (χ3v) is 3.32. The van der Waals surface area contributed by atoms with Crippen molar-refractivity contribution in [2.75, 3.05) is 0 Å². The first kappa shape index (κ1) is 8.84. The van der Waals surface area contributed by atoms with Crippen LogP contribution in [0.5, 0.6) is 0 Å². The first-order valence-electron chi connectivity index (χ1n) is 4.31. The second-order valence-corrected chi connectivity index (χ2v) is 4.34. The average Bonchev–Trinajstić information content (AvgIpc) is 2.47. The minimum Gasteiger partial charge on any atom is -0.370 e. The van der Waals surface area contributed by atoms with Gasteiger partial charge < -0.3 is 4.74 Å². The molecule has 2 unspecified atom stereocenters. The molecule has 2 rings (SSSR count). The zero-order chi connectivity index (χ0) is 9.42. The van der Waals surface area contributed by atoms with Crippen LogP contribution in [0, 0.1) is 0 Å². The summed E-state index contributed by atoms with van der Waals surface area (Å²) in [6, 6.07) is 0. The molecule has 2 atom stereocenters. The average molecular weight is 197 g/mol. The highest BCUT2D eigenvalue weighted by Gasteiger charge is 2.25. The lowest BCUT2D eigenvalue weighted by Gasteiger charge is -2.23. The summed E-state index contributed by atoms with van der Waals surface area (Å²) in [6.45, 7) is 4.03. The van der Waals surface area contributed by atoms with E-state index < -0.39 is 0 Å². The molecule has 70 valence electrons. The minimum atomic E-state index is 0.0879. The van der Waals surface area contributed by atoms with E-state index in [1.807, 2.05) is 13.8 Å². The molecule has 4 heteroatoms. The highest BCUT2D eigenvalue weighted by molar-refractivity contribution is 7.13. The number of carbonyl (C=O) groups excluding carboxylic acids is 1. The van der Waals surface area contributed by atoms with E-state index in [-0.39, 0.29) is 12.2 Å². The van der Waals surface area contributed by atoms with Crippen LogP contribution in [-0.2, 0) is 11.2 Å². The fourth-order valence-corrected chi connectivity index (χ4v) is 2.52. The largest absolute Gasteiger partial charge is 0.370 e. The summed E-state index contributed by atoms with van der Waals surface area (Å²) in [5.74, 6) is 0. The van der Waals surface area contributed by atoms with Gasteiger partial charge in [0.1, 0.15) is 0 Å². The number of nitrogens with zero attached hydrogens (tertiary/aromatic N) is 1. The first-order valence-corrected chi connectivity index (χ1v) is 5.12. The van der Waals surface area contributed by atoms with E-state index in [1.165, 1.54) is 11.3 Å². The van der Waals surface area contributed by atoms with Crippen molar-refractivity contribution in [1.82, 2.24) is 4.98 Å². The number of carbonyl (C=O) groups is 1. The van der Waals surface area contributed by atoms with Gasteiger partial charge in [0.05, 0.1) is 22.8 Å². The van der Waals surface area contributed by atoms with Crippen LogP contribution in [0.4, 0.5) is 0 Å². The molecule has 0 radical (unpaired) electrons. The van der Waals surface area contributed by atoms with Crippen molar-refractivity contribution in [2.24, 2.45) is 0 Å². The first-order chi connectivity index (χ1) is 6.20. The number of hydrogen-bond acceptors (Lipinski definition) is 4. The monoisotopic (exact) mass is 197 g/mol. The Balaban J connectivity index is 2.40. The van der Waals surface area contributed by atoms with Crippen LogP contribution in [0.3, 0.4) is 0 Å². The Morgan fingerprint density at radius 2 is 2.38 bits per heavy atom. The summed E-state index contributed by atoms with van der Waals surface area (Å²) in [5.41, 5.74) is 1.04. The van der Waals surface area contributed by atoms with Crippen molar-refractivity contribution in [3.63, 3.8) is 0 Å². The van der Waals surface area contributed by atoms with Gasteiger partial charge in [-0.2, -0.15) is 0 Å². The molecule has 0 N–H and O–H groups in total. The maximum absolute atomic E-state index is 10.5. The molecule has 1 aliphatic rings. The van der Waals surface area contributed by atoms with Crippen LogP contribution in [0.1, 0.15) is 40.3 Å². The molecule has 0 spiro atoms. The van der Waals surface area contributed by atoms with Gasteiger partial charge >= 0.3 is 0 Å². The van der Waals surface area contributed by atoms with Crippen molar-refractivity contribution < 1.29 is 9.53 Å². The highest BCUT2D eigenvalue weighted by Crippen LogP contribution is 2.33. The molecule has 0 fully saturated rings. The Morgan fingerprint density at radius 3 is 3.08 bits per heavy atom. The summed E-state index contributed by atoms with van der Waals surface area (Å²) < 4.78 is 5.62. The van der Waals surface area contributed by atoms with Gasteiger partial charge in [-0.25, -0.2) is 4.98 Å². The molecule has 3 nitrogen and oxygen atoms in total. The lowest BCUT2D eigenvalue weighted by Crippen LogP contribution is -2.20. The molecule has 0 aliphatic carbocycles. The van der Waals surface area contributed by atoms with Crippen LogP contribution in [0.15, 0.2) is 0 Å². The molecule has 0 bridgehead atoms. The maximum atomic E-state index is 10.5. The van der Waals surface area contributed by atoms with Crippen LogP contribution in [0.25, 0.3) is 0 Å². The zero-order valence-corrected chi connectivity index (χ0v) is 8.43. The molecular weight excluding hydrogens is 186 g/mol. The number of aromatic nitrogens is 1. The van der Waals surface area contributed by atoms with E-state index in [2.05, 4.69) is 4.98 Å². The van der Waals surface area contributed by atoms with E-state index in [4.69, 9.17) is 4.74 Å².